The third-order valence-electron chi connectivity index (χ3n) is 3.04. The van der Waals surface area contributed by atoms with Crippen molar-refractivity contribution in [2.75, 3.05) is 0 Å². The molecule has 1 N–H and O–H groups in total. The molecule has 0 spiro atoms. The average Bonchev–Trinajstić information content (AvgIpc) is 2.28. The first-order valence-electron chi connectivity index (χ1n) is 5.60. The van der Waals surface area contributed by atoms with E-state index in [0.717, 1.165) is 10.9 Å². The standard InChI is InChI=1S/C15H15BrO/c1-10-4-3-5-11(2)13(10)8-12-6-7-15(17)14(16)9-12/h3-7,9,17H,8H2,1-2H3. The molecule has 0 amide bonds. The Hall–Kier alpha value is -1.28. The van der Waals surface area contributed by atoms with Crippen LogP contribution in [-0.4, -0.2) is 5.11 Å². The highest BCUT2D eigenvalue weighted by Crippen LogP contribution is 2.26. The van der Waals surface area contributed by atoms with E-state index >= 15 is 0 Å². The van der Waals surface area contributed by atoms with Gasteiger partial charge in [-0.3, -0.25) is 0 Å². The third kappa shape index (κ3) is 2.70. The second-order valence-electron chi connectivity index (χ2n) is 4.33. The maximum atomic E-state index is 9.47. The summed E-state index contributed by atoms with van der Waals surface area (Å²) in [5, 5.41) is 9.47. The molecule has 2 heteroatoms. The Morgan fingerprint density at radius 3 is 2.29 bits per heavy atom. The molecule has 2 aromatic rings. The molecular weight excluding hydrogens is 276 g/mol. The van der Waals surface area contributed by atoms with Crippen molar-refractivity contribution in [2.45, 2.75) is 20.3 Å². The summed E-state index contributed by atoms with van der Waals surface area (Å²) in [6.07, 6.45) is 0.900. The summed E-state index contributed by atoms with van der Waals surface area (Å²) >= 11 is 3.35. The molecule has 0 aliphatic rings. The summed E-state index contributed by atoms with van der Waals surface area (Å²) in [4.78, 5) is 0. The average molecular weight is 291 g/mol. The maximum Gasteiger partial charge on any atom is 0.129 e. The Kier molecular flexibility index (Phi) is 3.53. The second kappa shape index (κ2) is 4.92. The quantitative estimate of drug-likeness (QED) is 0.871. The molecule has 0 bridgehead atoms. The van der Waals surface area contributed by atoms with Gasteiger partial charge in [0.15, 0.2) is 0 Å². The molecule has 1 nitrogen and oxygen atoms in total. The summed E-state index contributed by atoms with van der Waals surface area (Å²) in [6.45, 7) is 4.27. The van der Waals surface area contributed by atoms with E-state index < -0.39 is 0 Å². The van der Waals surface area contributed by atoms with Gasteiger partial charge in [-0.1, -0.05) is 24.3 Å². The van der Waals surface area contributed by atoms with Crippen molar-refractivity contribution < 1.29 is 5.11 Å². The molecule has 0 fully saturated rings. The van der Waals surface area contributed by atoms with Gasteiger partial charge in [0.1, 0.15) is 5.75 Å². The van der Waals surface area contributed by atoms with Crippen molar-refractivity contribution in [2.24, 2.45) is 0 Å². The summed E-state index contributed by atoms with van der Waals surface area (Å²) in [5.74, 6) is 0.287. The van der Waals surface area contributed by atoms with Crippen LogP contribution in [0.1, 0.15) is 22.3 Å². The summed E-state index contributed by atoms with van der Waals surface area (Å²) in [6, 6.07) is 12.0. The van der Waals surface area contributed by atoms with Crippen LogP contribution in [0.15, 0.2) is 40.9 Å². The molecule has 0 atom stereocenters. The predicted octanol–water partition coefficient (Wildman–Crippen LogP) is 4.36. The highest BCUT2D eigenvalue weighted by molar-refractivity contribution is 9.10. The van der Waals surface area contributed by atoms with Gasteiger partial charge in [-0.05, 0) is 70.6 Å². The fourth-order valence-corrected chi connectivity index (χ4v) is 2.42. The molecule has 2 rings (SSSR count). The van der Waals surface area contributed by atoms with E-state index in [2.05, 4.69) is 48.0 Å². The molecule has 0 unspecified atom stereocenters. The first kappa shape index (κ1) is 12.2. The van der Waals surface area contributed by atoms with Gasteiger partial charge < -0.3 is 5.11 Å². The topological polar surface area (TPSA) is 20.2 Å². The zero-order chi connectivity index (χ0) is 12.4. The molecule has 0 aliphatic heterocycles. The Labute approximate surface area is 110 Å². The Balaban J connectivity index is 2.35. The van der Waals surface area contributed by atoms with Crippen molar-refractivity contribution in [3.63, 3.8) is 0 Å². The zero-order valence-electron chi connectivity index (χ0n) is 10.00. The van der Waals surface area contributed by atoms with E-state index in [9.17, 15) is 5.11 Å². The number of phenolic OH excluding ortho intramolecular Hbond substituents is 1. The van der Waals surface area contributed by atoms with E-state index in [1.165, 1.54) is 22.3 Å². The second-order valence-corrected chi connectivity index (χ2v) is 5.19. The number of hydrogen-bond donors (Lipinski definition) is 1. The SMILES string of the molecule is Cc1cccc(C)c1Cc1ccc(O)c(Br)c1. The van der Waals surface area contributed by atoms with Crippen LogP contribution in [-0.2, 0) is 6.42 Å². The van der Waals surface area contributed by atoms with E-state index in [0.29, 0.717) is 0 Å². The van der Waals surface area contributed by atoms with Crippen molar-refractivity contribution in [1.29, 1.82) is 0 Å². The van der Waals surface area contributed by atoms with Crippen LogP contribution >= 0.6 is 15.9 Å². The predicted molar refractivity (Wildman–Crippen MR) is 74.5 cm³/mol. The number of aryl methyl sites for hydroxylation is 2. The summed E-state index contributed by atoms with van der Waals surface area (Å²) < 4.78 is 0.751. The molecule has 0 aliphatic carbocycles. The third-order valence-corrected chi connectivity index (χ3v) is 3.67. The summed E-state index contributed by atoms with van der Waals surface area (Å²) in [7, 11) is 0. The molecule has 0 heterocycles. The lowest BCUT2D eigenvalue weighted by Gasteiger charge is -2.10. The minimum Gasteiger partial charge on any atom is -0.507 e. The Morgan fingerprint density at radius 2 is 1.71 bits per heavy atom. The van der Waals surface area contributed by atoms with Crippen LogP contribution in [0, 0.1) is 13.8 Å². The lowest BCUT2D eigenvalue weighted by Crippen LogP contribution is -1.95. The highest BCUT2D eigenvalue weighted by atomic mass is 79.9. The van der Waals surface area contributed by atoms with Crippen LogP contribution in [0.25, 0.3) is 0 Å². The van der Waals surface area contributed by atoms with Crippen LogP contribution in [0.5, 0.6) is 5.75 Å². The maximum absolute atomic E-state index is 9.47. The zero-order valence-corrected chi connectivity index (χ0v) is 11.6. The molecule has 17 heavy (non-hydrogen) atoms. The molecule has 0 saturated carbocycles. The van der Waals surface area contributed by atoms with Crippen molar-refractivity contribution in [1.82, 2.24) is 0 Å². The number of aromatic hydroxyl groups is 1. The van der Waals surface area contributed by atoms with E-state index in [1.807, 2.05) is 12.1 Å². The number of benzene rings is 2. The summed E-state index contributed by atoms with van der Waals surface area (Å²) in [5.41, 5.74) is 5.19. The normalized spacial score (nSPS) is 10.5. The van der Waals surface area contributed by atoms with Crippen molar-refractivity contribution >= 4 is 15.9 Å². The van der Waals surface area contributed by atoms with Crippen LogP contribution in [0.3, 0.4) is 0 Å². The molecule has 0 saturated heterocycles. The van der Waals surface area contributed by atoms with E-state index in [1.54, 1.807) is 6.07 Å². The van der Waals surface area contributed by atoms with Gasteiger partial charge in [0.25, 0.3) is 0 Å². The van der Waals surface area contributed by atoms with Gasteiger partial charge in [-0.25, -0.2) is 0 Å². The van der Waals surface area contributed by atoms with Gasteiger partial charge in [0, 0.05) is 0 Å². The first-order valence-corrected chi connectivity index (χ1v) is 6.39. The molecule has 88 valence electrons. The highest BCUT2D eigenvalue weighted by Gasteiger charge is 2.05. The van der Waals surface area contributed by atoms with Gasteiger partial charge >= 0.3 is 0 Å². The van der Waals surface area contributed by atoms with Crippen LogP contribution < -0.4 is 0 Å². The Morgan fingerprint density at radius 1 is 1.06 bits per heavy atom. The fourth-order valence-electron chi connectivity index (χ4n) is 1.99. The smallest absolute Gasteiger partial charge is 0.129 e. The van der Waals surface area contributed by atoms with Crippen molar-refractivity contribution in [3.05, 3.63) is 63.1 Å². The number of phenols is 1. The number of halogens is 1. The monoisotopic (exact) mass is 290 g/mol. The van der Waals surface area contributed by atoms with Crippen LogP contribution in [0.4, 0.5) is 0 Å². The van der Waals surface area contributed by atoms with Gasteiger partial charge in [-0.15, -0.1) is 0 Å². The van der Waals surface area contributed by atoms with Gasteiger partial charge in [0.05, 0.1) is 4.47 Å². The van der Waals surface area contributed by atoms with Gasteiger partial charge in [0.2, 0.25) is 0 Å². The molecule has 0 aromatic heterocycles. The molecular formula is C15H15BrO. The largest absolute Gasteiger partial charge is 0.507 e. The van der Waals surface area contributed by atoms with E-state index in [-0.39, 0.29) is 5.75 Å². The first-order chi connectivity index (χ1) is 8.08. The lowest BCUT2D eigenvalue weighted by atomic mass is 9.96. The Bertz CT molecular complexity index is 526. The lowest BCUT2D eigenvalue weighted by molar-refractivity contribution is 0.471. The van der Waals surface area contributed by atoms with Crippen LogP contribution in [0.2, 0.25) is 0 Å². The van der Waals surface area contributed by atoms with E-state index in [4.69, 9.17) is 0 Å². The van der Waals surface area contributed by atoms with Crippen molar-refractivity contribution in [3.8, 4) is 5.75 Å². The number of rotatable bonds is 2. The molecule has 2 aromatic carbocycles. The molecule has 0 radical (unpaired) electrons. The minimum absolute atomic E-state index is 0.287. The fraction of sp³-hybridized carbons (Fsp3) is 0.200. The minimum atomic E-state index is 0.287. The number of hydrogen-bond acceptors (Lipinski definition) is 1. The van der Waals surface area contributed by atoms with Gasteiger partial charge in [-0.2, -0.15) is 0 Å².